The van der Waals surface area contributed by atoms with Crippen LogP contribution >= 0.6 is 11.8 Å². The van der Waals surface area contributed by atoms with Gasteiger partial charge in [0.2, 0.25) is 0 Å². The van der Waals surface area contributed by atoms with Gasteiger partial charge in [-0.1, -0.05) is 6.92 Å². The second kappa shape index (κ2) is 10.7. The predicted molar refractivity (Wildman–Crippen MR) is 69.8 cm³/mol. The highest BCUT2D eigenvalue weighted by Gasteiger charge is 2.10. The first-order chi connectivity index (χ1) is 7.26. The smallest absolute Gasteiger partial charge is 0.0587 e. The van der Waals surface area contributed by atoms with E-state index in [4.69, 9.17) is 4.74 Å². The minimum absolute atomic E-state index is 0.712. The monoisotopic (exact) mass is 234 g/mol. The standard InChI is InChI=1S/C11H26N2OS/c1-5-11(10-15-4)13(2)8-6-12-7-9-14-3/h11-12H,5-10H2,1-4H3. The van der Waals surface area contributed by atoms with E-state index in [1.807, 2.05) is 11.8 Å². The van der Waals surface area contributed by atoms with Gasteiger partial charge in [0.15, 0.2) is 0 Å². The number of hydrogen-bond donors (Lipinski definition) is 1. The summed E-state index contributed by atoms with van der Waals surface area (Å²) in [5.74, 6) is 1.23. The molecule has 0 fully saturated rings. The molecule has 0 saturated heterocycles. The Morgan fingerprint density at radius 3 is 2.67 bits per heavy atom. The molecule has 0 radical (unpaired) electrons. The largest absolute Gasteiger partial charge is 0.383 e. The van der Waals surface area contributed by atoms with Crippen LogP contribution in [0.5, 0.6) is 0 Å². The molecule has 0 saturated carbocycles. The highest BCUT2D eigenvalue weighted by atomic mass is 32.2. The molecule has 0 aromatic heterocycles. The summed E-state index contributed by atoms with van der Waals surface area (Å²) < 4.78 is 4.98. The molecule has 0 aliphatic carbocycles. The zero-order valence-electron chi connectivity index (χ0n) is 10.6. The lowest BCUT2D eigenvalue weighted by Gasteiger charge is -2.26. The average molecular weight is 234 g/mol. The van der Waals surface area contributed by atoms with Crippen molar-refractivity contribution in [2.75, 3.05) is 52.4 Å². The zero-order valence-corrected chi connectivity index (χ0v) is 11.4. The van der Waals surface area contributed by atoms with E-state index in [1.54, 1.807) is 7.11 Å². The summed E-state index contributed by atoms with van der Waals surface area (Å²) in [5, 5.41) is 3.36. The van der Waals surface area contributed by atoms with Gasteiger partial charge < -0.3 is 15.0 Å². The van der Waals surface area contributed by atoms with E-state index >= 15 is 0 Å². The Morgan fingerprint density at radius 1 is 1.40 bits per heavy atom. The Morgan fingerprint density at radius 2 is 2.13 bits per heavy atom. The molecular formula is C11H26N2OS. The minimum Gasteiger partial charge on any atom is -0.383 e. The summed E-state index contributed by atoms with van der Waals surface area (Å²) in [6, 6.07) is 0.712. The summed E-state index contributed by atoms with van der Waals surface area (Å²) in [7, 11) is 3.95. The molecule has 92 valence electrons. The fraction of sp³-hybridized carbons (Fsp3) is 1.00. The van der Waals surface area contributed by atoms with E-state index < -0.39 is 0 Å². The normalized spacial score (nSPS) is 13.4. The van der Waals surface area contributed by atoms with E-state index in [1.165, 1.54) is 12.2 Å². The van der Waals surface area contributed by atoms with Crippen LogP contribution in [0.2, 0.25) is 0 Å². The molecule has 15 heavy (non-hydrogen) atoms. The second-order valence-electron chi connectivity index (χ2n) is 3.74. The van der Waals surface area contributed by atoms with Crippen LogP contribution in [-0.2, 0) is 4.74 Å². The first-order valence-electron chi connectivity index (χ1n) is 5.65. The minimum atomic E-state index is 0.712. The quantitative estimate of drug-likeness (QED) is 0.576. The Kier molecular flexibility index (Phi) is 10.9. The van der Waals surface area contributed by atoms with Crippen LogP contribution in [0, 0.1) is 0 Å². The van der Waals surface area contributed by atoms with Gasteiger partial charge in [-0.25, -0.2) is 0 Å². The molecule has 0 spiro atoms. The zero-order chi connectivity index (χ0) is 11.5. The van der Waals surface area contributed by atoms with Crippen LogP contribution in [0.15, 0.2) is 0 Å². The number of rotatable bonds is 10. The van der Waals surface area contributed by atoms with Gasteiger partial charge in [0.1, 0.15) is 0 Å². The van der Waals surface area contributed by atoms with Crippen molar-refractivity contribution in [3.8, 4) is 0 Å². The molecular weight excluding hydrogens is 208 g/mol. The summed E-state index contributed by atoms with van der Waals surface area (Å²) in [6.45, 7) is 6.17. The SMILES string of the molecule is CCC(CSC)N(C)CCNCCOC. The van der Waals surface area contributed by atoms with Crippen LogP contribution in [-0.4, -0.2) is 63.3 Å². The Bertz CT molecular complexity index is 136. The molecule has 0 aliphatic rings. The molecule has 0 rings (SSSR count). The molecule has 1 N–H and O–H groups in total. The van der Waals surface area contributed by atoms with Crippen molar-refractivity contribution in [2.24, 2.45) is 0 Å². The fourth-order valence-electron chi connectivity index (χ4n) is 1.49. The van der Waals surface area contributed by atoms with Gasteiger partial charge in [-0.05, 0) is 19.7 Å². The number of methoxy groups -OCH3 is 1. The molecule has 0 aromatic rings. The third-order valence-corrected chi connectivity index (χ3v) is 3.30. The molecule has 1 atom stereocenters. The van der Waals surface area contributed by atoms with Crippen molar-refractivity contribution in [1.29, 1.82) is 0 Å². The number of nitrogens with zero attached hydrogens (tertiary/aromatic N) is 1. The Hall–Kier alpha value is 0.230. The van der Waals surface area contributed by atoms with Crippen LogP contribution in [0.1, 0.15) is 13.3 Å². The van der Waals surface area contributed by atoms with Crippen LogP contribution in [0.4, 0.5) is 0 Å². The number of thioether (sulfide) groups is 1. The number of nitrogens with one attached hydrogen (secondary N) is 1. The summed E-state index contributed by atoms with van der Waals surface area (Å²) in [5.41, 5.74) is 0. The van der Waals surface area contributed by atoms with Gasteiger partial charge in [-0.3, -0.25) is 0 Å². The average Bonchev–Trinajstić information content (AvgIpc) is 2.25. The lowest BCUT2D eigenvalue weighted by atomic mass is 10.2. The third-order valence-electron chi connectivity index (χ3n) is 2.58. The van der Waals surface area contributed by atoms with E-state index in [0.29, 0.717) is 6.04 Å². The van der Waals surface area contributed by atoms with Crippen molar-refractivity contribution in [3.05, 3.63) is 0 Å². The van der Waals surface area contributed by atoms with Crippen molar-refractivity contribution in [3.63, 3.8) is 0 Å². The lowest BCUT2D eigenvalue weighted by molar-refractivity contribution is 0.195. The van der Waals surface area contributed by atoms with Crippen molar-refractivity contribution >= 4 is 11.8 Å². The van der Waals surface area contributed by atoms with Gasteiger partial charge in [0.05, 0.1) is 6.61 Å². The van der Waals surface area contributed by atoms with Crippen molar-refractivity contribution in [1.82, 2.24) is 10.2 Å². The Labute approximate surface area is 98.9 Å². The van der Waals surface area contributed by atoms with E-state index in [0.717, 1.165) is 26.2 Å². The molecule has 3 nitrogen and oxygen atoms in total. The van der Waals surface area contributed by atoms with Crippen molar-refractivity contribution in [2.45, 2.75) is 19.4 Å². The van der Waals surface area contributed by atoms with Crippen LogP contribution in [0.3, 0.4) is 0 Å². The Balaban J connectivity index is 3.48. The van der Waals surface area contributed by atoms with Gasteiger partial charge in [0, 0.05) is 38.5 Å². The first-order valence-corrected chi connectivity index (χ1v) is 7.04. The maximum atomic E-state index is 4.98. The van der Waals surface area contributed by atoms with Crippen molar-refractivity contribution < 1.29 is 4.74 Å². The molecule has 0 heterocycles. The molecule has 0 aromatic carbocycles. The maximum absolute atomic E-state index is 4.98. The predicted octanol–water partition coefficient (Wildman–Crippen LogP) is 1.30. The summed E-state index contributed by atoms with van der Waals surface area (Å²) in [4.78, 5) is 2.44. The summed E-state index contributed by atoms with van der Waals surface area (Å²) in [6.07, 6.45) is 3.41. The maximum Gasteiger partial charge on any atom is 0.0587 e. The lowest BCUT2D eigenvalue weighted by Crippen LogP contribution is -2.38. The van der Waals surface area contributed by atoms with Gasteiger partial charge >= 0.3 is 0 Å². The topological polar surface area (TPSA) is 24.5 Å². The number of likely N-dealkylation sites (N-methyl/N-ethyl adjacent to an activating group) is 1. The molecule has 0 bridgehead atoms. The molecule has 1 unspecified atom stereocenters. The van der Waals surface area contributed by atoms with Gasteiger partial charge in [0.25, 0.3) is 0 Å². The van der Waals surface area contributed by atoms with Crippen LogP contribution < -0.4 is 5.32 Å². The highest BCUT2D eigenvalue weighted by molar-refractivity contribution is 7.98. The van der Waals surface area contributed by atoms with Gasteiger partial charge in [-0.15, -0.1) is 0 Å². The van der Waals surface area contributed by atoms with E-state index in [9.17, 15) is 0 Å². The highest BCUT2D eigenvalue weighted by Crippen LogP contribution is 2.07. The third kappa shape index (κ3) is 8.08. The number of hydrogen-bond acceptors (Lipinski definition) is 4. The van der Waals surface area contributed by atoms with Gasteiger partial charge in [-0.2, -0.15) is 11.8 Å². The fourth-order valence-corrected chi connectivity index (χ4v) is 2.36. The first kappa shape index (κ1) is 15.2. The molecule has 0 amide bonds. The molecule has 4 heteroatoms. The molecule has 0 aliphatic heterocycles. The summed E-state index contributed by atoms with van der Waals surface area (Å²) >= 11 is 1.93. The number of ether oxygens (including phenoxy) is 1. The van der Waals surface area contributed by atoms with E-state index in [-0.39, 0.29) is 0 Å². The van der Waals surface area contributed by atoms with E-state index in [2.05, 4.69) is 30.4 Å². The second-order valence-corrected chi connectivity index (χ2v) is 4.65. The van der Waals surface area contributed by atoms with Crippen LogP contribution in [0.25, 0.3) is 0 Å².